The largest absolute Gasteiger partial charge is 0.281 e. The van der Waals surface area contributed by atoms with Crippen molar-refractivity contribution < 1.29 is 9.18 Å². The summed E-state index contributed by atoms with van der Waals surface area (Å²) in [6.07, 6.45) is 0.478. The van der Waals surface area contributed by atoms with E-state index >= 15 is 0 Å². The van der Waals surface area contributed by atoms with Gasteiger partial charge < -0.3 is 0 Å². The van der Waals surface area contributed by atoms with Crippen molar-refractivity contribution in [1.82, 2.24) is 0 Å². The minimum atomic E-state index is -0.396. The topological polar surface area (TPSA) is 17.1 Å². The molecule has 0 aromatic heterocycles. The summed E-state index contributed by atoms with van der Waals surface area (Å²) in [6.45, 7) is 1.99. The molecule has 3 heteroatoms. The SMILES string of the molecule is Cc1ccc(C(Cc2ccc(F)cc2)C(=O)Cl)cc1. The Bertz CT molecular complexity index is 560. The molecule has 0 fully saturated rings. The summed E-state index contributed by atoms with van der Waals surface area (Å²) in [5, 5.41) is -0.395. The Balaban J connectivity index is 2.23. The van der Waals surface area contributed by atoms with Crippen LogP contribution in [0, 0.1) is 12.7 Å². The molecule has 0 amide bonds. The molecule has 0 N–H and O–H groups in total. The predicted molar refractivity (Wildman–Crippen MR) is 74.9 cm³/mol. The van der Waals surface area contributed by atoms with Gasteiger partial charge in [-0.3, -0.25) is 4.79 Å². The van der Waals surface area contributed by atoms with Crippen molar-refractivity contribution in [2.45, 2.75) is 19.3 Å². The van der Waals surface area contributed by atoms with E-state index in [4.69, 9.17) is 11.6 Å². The van der Waals surface area contributed by atoms with Crippen molar-refractivity contribution in [1.29, 1.82) is 0 Å². The third kappa shape index (κ3) is 3.65. The van der Waals surface area contributed by atoms with E-state index in [0.29, 0.717) is 6.42 Å². The maximum Gasteiger partial charge on any atom is 0.229 e. The summed E-state index contributed by atoms with van der Waals surface area (Å²) in [5.41, 5.74) is 2.90. The molecule has 0 aliphatic carbocycles. The van der Waals surface area contributed by atoms with Gasteiger partial charge in [0.05, 0.1) is 5.92 Å². The summed E-state index contributed by atoms with van der Waals surface area (Å²) in [6, 6.07) is 13.8. The van der Waals surface area contributed by atoms with Gasteiger partial charge in [0, 0.05) is 0 Å². The van der Waals surface area contributed by atoms with Crippen molar-refractivity contribution in [3.63, 3.8) is 0 Å². The molecule has 0 aliphatic rings. The van der Waals surface area contributed by atoms with E-state index in [-0.39, 0.29) is 5.82 Å². The lowest BCUT2D eigenvalue weighted by atomic mass is 9.92. The molecule has 19 heavy (non-hydrogen) atoms. The Morgan fingerprint density at radius 3 is 2.21 bits per heavy atom. The Labute approximate surface area is 117 Å². The van der Waals surface area contributed by atoms with Gasteiger partial charge in [-0.15, -0.1) is 0 Å². The van der Waals surface area contributed by atoms with E-state index in [1.54, 1.807) is 12.1 Å². The minimum Gasteiger partial charge on any atom is -0.281 e. The molecule has 2 rings (SSSR count). The van der Waals surface area contributed by atoms with Crippen molar-refractivity contribution in [2.24, 2.45) is 0 Å². The highest BCUT2D eigenvalue weighted by Gasteiger charge is 2.19. The lowest BCUT2D eigenvalue weighted by molar-refractivity contribution is -0.113. The first kappa shape index (κ1) is 13.8. The molecule has 1 nitrogen and oxygen atoms in total. The summed E-state index contributed by atoms with van der Waals surface area (Å²) in [5.74, 6) is -0.680. The molecule has 0 aliphatic heterocycles. The molecule has 0 saturated carbocycles. The third-order valence-electron chi connectivity index (χ3n) is 3.11. The summed E-state index contributed by atoms with van der Waals surface area (Å²) < 4.78 is 12.9. The summed E-state index contributed by atoms with van der Waals surface area (Å²) in [4.78, 5) is 11.6. The second-order valence-electron chi connectivity index (χ2n) is 4.60. The van der Waals surface area contributed by atoms with Crippen LogP contribution in [0.25, 0.3) is 0 Å². The van der Waals surface area contributed by atoms with Crippen molar-refractivity contribution >= 4 is 16.8 Å². The molecule has 98 valence electrons. The van der Waals surface area contributed by atoms with Gasteiger partial charge in [0.25, 0.3) is 0 Å². The highest BCUT2D eigenvalue weighted by Crippen LogP contribution is 2.24. The van der Waals surface area contributed by atoms with Crippen molar-refractivity contribution in [2.75, 3.05) is 0 Å². The van der Waals surface area contributed by atoms with Crippen LogP contribution in [-0.2, 0) is 11.2 Å². The third-order valence-corrected chi connectivity index (χ3v) is 3.37. The molecule has 2 aromatic carbocycles. The molecule has 0 heterocycles. The zero-order valence-electron chi connectivity index (χ0n) is 10.6. The molecular formula is C16H14ClFO. The van der Waals surface area contributed by atoms with Gasteiger partial charge in [0.15, 0.2) is 0 Å². The maximum atomic E-state index is 12.9. The standard InChI is InChI=1S/C16H14ClFO/c1-11-2-6-13(7-3-11)15(16(17)19)10-12-4-8-14(18)9-5-12/h2-9,15H,10H2,1H3. The normalized spacial score (nSPS) is 12.2. The number of rotatable bonds is 4. The quantitative estimate of drug-likeness (QED) is 0.764. The number of hydrogen-bond acceptors (Lipinski definition) is 1. The Kier molecular flexibility index (Phi) is 4.33. The monoisotopic (exact) mass is 276 g/mol. The molecule has 0 radical (unpaired) electrons. The number of benzene rings is 2. The van der Waals surface area contributed by atoms with E-state index in [2.05, 4.69) is 0 Å². The van der Waals surface area contributed by atoms with E-state index < -0.39 is 11.2 Å². The second-order valence-corrected chi connectivity index (χ2v) is 4.97. The van der Waals surface area contributed by atoms with Crippen LogP contribution in [0.5, 0.6) is 0 Å². The average Bonchev–Trinajstić information content (AvgIpc) is 2.39. The predicted octanol–water partition coefficient (Wildman–Crippen LogP) is 4.23. The first-order valence-corrected chi connectivity index (χ1v) is 6.44. The Morgan fingerprint density at radius 2 is 1.68 bits per heavy atom. The highest BCUT2D eigenvalue weighted by molar-refractivity contribution is 6.64. The Morgan fingerprint density at radius 1 is 1.11 bits per heavy atom. The van der Waals surface area contributed by atoms with Gasteiger partial charge in [-0.05, 0) is 48.2 Å². The first-order chi connectivity index (χ1) is 9.06. The van der Waals surface area contributed by atoms with Gasteiger partial charge >= 0.3 is 0 Å². The lowest BCUT2D eigenvalue weighted by Gasteiger charge is -2.13. The molecule has 0 saturated heterocycles. The van der Waals surface area contributed by atoms with Crippen LogP contribution in [0.2, 0.25) is 0 Å². The second kappa shape index (κ2) is 5.98. The van der Waals surface area contributed by atoms with Gasteiger partial charge in [-0.25, -0.2) is 4.39 Å². The van der Waals surface area contributed by atoms with E-state index in [9.17, 15) is 9.18 Å². The molecule has 0 bridgehead atoms. The van der Waals surface area contributed by atoms with E-state index in [1.165, 1.54) is 12.1 Å². The van der Waals surface area contributed by atoms with Gasteiger partial charge in [0.2, 0.25) is 5.24 Å². The highest BCUT2D eigenvalue weighted by atomic mass is 35.5. The first-order valence-electron chi connectivity index (χ1n) is 6.06. The smallest absolute Gasteiger partial charge is 0.229 e. The molecule has 1 unspecified atom stereocenters. The Hall–Kier alpha value is -1.67. The molecule has 0 spiro atoms. The maximum absolute atomic E-state index is 12.9. The average molecular weight is 277 g/mol. The van der Waals surface area contributed by atoms with Gasteiger partial charge in [-0.1, -0.05) is 42.0 Å². The zero-order chi connectivity index (χ0) is 13.8. The van der Waals surface area contributed by atoms with E-state index in [0.717, 1.165) is 16.7 Å². The van der Waals surface area contributed by atoms with Crippen LogP contribution in [0.3, 0.4) is 0 Å². The molecule has 2 aromatic rings. The molecule has 1 atom stereocenters. The number of aryl methyl sites for hydroxylation is 1. The number of carbonyl (C=O) groups is 1. The van der Waals surface area contributed by atoms with Crippen LogP contribution in [0.4, 0.5) is 4.39 Å². The fourth-order valence-corrected chi connectivity index (χ4v) is 2.19. The zero-order valence-corrected chi connectivity index (χ0v) is 11.3. The van der Waals surface area contributed by atoms with E-state index in [1.807, 2.05) is 31.2 Å². The van der Waals surface area contributed by atoms with Gasteiger partial charge in [-0.2, -0.15) is 0 Å². The van der Waals surface area contributed by atoms with Crippen LogP contribution in [0.15, 0.2) is 48.5 Å². The molecular weight excluding hydrogens is 263 g/mol. The van der Waals surface area contributed by atoms with Crippen molar-refractivity contribution in [3.8, 4) is 0 Å². The van der Waals surface area contributed by atoms with Crippen LogP contribution in [-0.4, -0.2) is 5.24 Å². The fourth-order valence-electron chi connectivity index (χ4n) is 1.98. The number of carbonyl (C=O) groups excluding carboxylic acids is 1. The fraction of sp³-hybridized carbons (Fsp3) is 0.188. The minimum absolute atomic E-state index is 0.284. The van der Waals surface area contributed by atoms with Crippen LogP contribution in [0.1, 0.15) is 22.6 Å². The van der Waals surface area contributed by atoms with Crippen molar-refractivity contribution in [3.05, 3.63) is 71.0 Å². The van der Waals surface area contributed by atoms with Gasteiger partial charge in [0.1, 0.15) is 5.82 Å². The van der Waals surface area contributed by atoms with Crippen LogP contribution < -0.4 is 0 Å². The number of hydrogen-bond donors (Lipinski definition) is 0. The lowest BCUT2D eigenvalue weighted by Crippen LogP contribution is -2.10. The van der Waals surface area contributed by atoms with Crippen LogP contribution >= 0.6 is 11.6 Å². The summed E-state index contributed by atoms with van der Waals surface area (Å²) in [7, 11) is 0. The summed E-state index contributed by atoms with van der Waals surface area (Å²) >= 11 is 5.69. The number of halogens is 2.